The van der Waals surface area contributed by atoms with Gasteiger partial charge in [-0.15, -0.1) is 0 Å². The summed E-state index contributed by atoms with van der Waals surface area (Å²) in [5.74, 6) is 1.51. The minimum atomic E-state index is 0.469. The van der Waals surface area contributed by atoms with Crippen LogP contribution in [0.1, 0.15) is 5.56 Å². The molecule has 0 unspecified atom stereocenters. The van der Waals surface area contributed by atoms with Gasteiger partial charge in [-0.1, -0.05) is 170 Å². The van der Waals surface area contributed by atoms with Crippen molar-refractivity contribution < 1.29 is 4.42 Å². The molecule has 9 nitrogen and oxygen atoms in total. The number of nitriles is 1. The Hall–Kier alpha value is -13.2. The third-order valence-electron chi connectivity index (χ3n) is 18.9. The second-order valence-electron chi connectivity index (χ2n) is 24.3. The van der Waals surface area contributed by atoms with Crippen molar-refractivity contribution in [2.75, 3.05) is 4.90 Å². The van der Waals surface area contributed by atoms with Crippen LogP contribution < -0.4 is 4.90 Å². The molecule has 0 bridgehead atoms. The number of nitrogens with zero attached hydrogens (tertiary/aromatic N) is 8. The number of pyridine rings is 2. The summed E-state index contributed by atoms with van der Waals surface area (Å²) < 4.78 is 9.24. The van der Waals surface area contributed by atoms with Crippen LogP contribution in [0.3, 0.4) is 0 Å². The van der Waals surface area contributed by atoms with E-state index < -0.39 is 0 Å². The lowest BCUT2D eigenvalue weighted by Gasteiger charge is -2.26. The number of benzene rings is 14. The van der Waals surface area contributed by atoms with Gasteiger partial charge < -0.3 is 9.32 Å². The molecule has 9 heteroatoms. The molecule has 0 saturated heterocycles. The summed E-state index contributed by atoms with van der Waals surface area (Å²) in [6, 6.07) is 103. The van der Waals surface area contributed by atoms with Crippen molar-refractivity contribution in [1.29, 1.82) is 5.26 Å². The smallest absolute Gasteiger partial charge is 0.238 e. The van der Waals surface area contributed by atoms with E-state index in [0.29, 0.717) is 23.2 Å². The van der Waals surface area contributed by atoms with Crippen LogP contribution in [0.5, 0.6) is 0 Å². The van der Waals surface area contributed by atoms with Crippen molar-refractivity contribution in [2.24, 2.45) is 0 Å². The maximum Gasteiger partial charge on any atom is 0.238 e. The summed E-state index contributed by atoms with van der Waals surface area (Å²) in [6.07, 6.45) is 5.49. The molecule has 0 saturated carbocycles. The lowest BCUT2D eigenvalue weighted by Crippen LogP contribution is -2.10. The van der Waals surface area contributed by atoms with Crippen molar-refractivity contribution in [2.45, 2.75) is 0 Å². The molecule has 0 N–H and O–H groups in total. The zero-order valence-electron chi connectivity index (χ0n) is 50.9. The fraction of sp³-hybridized carbons (Fsp3) is 0. The predicted octanol–water partition coefficient (Wildman–Crippen LogP) is 22.3. The molecule has 5 heterocycles. The van der Waals surface area contributed by atoms with Crippen LogP contribution in [0.25, 0.3) is 171 Å². The van der Waals surface area contributed by atoms with Crippen molar-refractivity contribution >= 4 is 125 Å². The fourth-order valence-electron chi connectivity index (χ4n) is 14.5. The number of hydrogen-bond donors (Lipinski definition) is 0. The molecule has 0 amide bonds. The van der Waals surface area contributed by atoms with Crippen LogP contribution in [0, 0.1) is 11.3 Å². The van der Waals surface area contributed by atoms with Gasteiger partial charge in [0.25, 0.3) is 0 Å². The first-order chi connectivity index (χ1) is 47.0. The van der Waals surface area contributed by atoms with Crippen molar-refractivity contribution in [3.63, 3.8) is 0 Å². The van der Waals surface area contributed by atoms with E-state index in [0.717, 1.165) is 138 Å². The van der Waals surface area contributed by atoms with Gasteiger partial charge >= 0.3 is 0 Å². The fourth-order valence-corrected chi connectivity index (χ4v) is 14.5. The third-order valence-corrected chi connectivity index (χ3v) is 18.9. The van der Waals surface area contributed by atoms with Crippen molar-refractivity contribution in [3.8, 4) is 68.3 Å². The zero-order valence-corrected chi connectivity index (χ0v) is 50.9. The number of hydrogen-bond acceptors (Lipinski definition) is 8. The van der Waals surface area contributed by atoms with E-state index in [1.807, 2.05) is 67.0 Å². The van der Waals surface area contributed by atoms with E-state index in [1.54, 1.807) is 6.20 Å². The molecule has 440 valence electrons. The molecule has 0 radical (unpaired) electrons. The minimum Gasteiger partial charge on any atom is -0.456 e. The zero-order chi connectivity index (χ0) is 62.7. The largest absolute Gasteiger partial charge is 0.456 e. The first kappa shape index (κ1) is 53.7. The molecule has 0 aliphatic rings. The first-order valence-electron chi connectivity index (χ1n) is 31.7. The highest BCUT2D eigenvalue weighted by Gasteiger charge is 2.25. The normalized spacial score (nSPS) is 11.8. The summed E-state index contributed by atoms with van der Waals surface area (Å²) in [7, 11) is 0. The Morgan fingerprint density at radius 2 is 0.968 bits per heavy atom. The molecule has 0 aliphatic heterocycles. The number of furan rings is 1. The van der Waals surface area contributed by atoms with Gasteiger partial charge in [-0.25, -0.2) is 4.98 Å². The average Bonchev–Trinajstić information content (AvgIpc) is 1.57. The number of rotatable bonds is 9. The lowest BCUT2D eigenvalue weighted by molar-refractivity contribution is 0.669. The highest BCUT2D eigenvalue weighted by atomic mass is 16.3. The molecule has 0 aliphatic carbocycles. The number of fused-ring (bicyclic) bond motifs is 17. The second-order valence-corrected chi connectivity index (χ2v) is 24.3. The summed E-state index contributed by atoms with van der Waals surface area (Å²) in [4.78, 5) is 27.9. The Labute approximate surface area is 544 Å². The van der Waals surface area contributed by atoms with E-state index in [1.165, 1.54) is 32.3 Å². The van der Waals surface area contributed by atoms with E-state index in [4.69, 9.17) is 24.4 Å². The van der Waals surface area contributed by atoms with Gasteiger partial charge in [-0.05, 0) is 197 Å². The van der Waals surface area contributed by atoms with Crippen LogP contribution >= 0.6 is 0 Å². The van der Waals surface area contributed by atoms with Gasteiger partial charge in [0, 0.05) is 79.5 Å². The Morgan fingerprint density at radius 3 is 1.74 bits per heavy atom. The van der Waals surface area contributed by atoms with Gasteiger partial charge in [0.15, 0.2) is 11.6 Å². The molecule has 95 heavy (non-hydrogen) atoms. The SMILES string of the molecule is N#Cc1ccc(N(c2ccc3c(ccc4ccccc43)c2)c2ccc3cccc(-c4ccc5oc6ccc7c(c8cc9c%10ccccc%10c%10ccccc%10c9cc8n7-c7nc(-c8cccc(-c9cccnc9)c8)nc(-c8cccc(-c9ccccn9)c8)n7)c6c5c4)c3c2)cc1. The molecule has 19 aromatic rings. The summed E-state index contributed by atoms with van der Waals surface area (Å²) in [5, 5.41) is 27.9. The Balaban J connectivity index is 0.850. The molecule has 0 atom stereocenters. The molecular formula is C86H50N8O. The maximum absolute atomic E-state index is 9.91. The first-order valence-corrected chi connectivity index (χ1v) is 31.7. The third kappa shape index (κ3) is 8.81. The molecule has 14 aromatic carbocycles. The quantitative estimate of drug-likeness (QED) is 0.131. The van der Waals surface area contributed by atoms with E-state index >= 15 is 0 Å². The van der Waals surface area contributed by atoms with Crippen molar-refractivity contribution in [1.82, 2.24) is 29.5 Å². The van der Waals surface area contributed by atoms with Gasteiger partial charge in [0.05, 0.1) is 28.4 Å². The minimum absolute atomic E-state index is 0.469. The Bertz CT molecular complexity index is 6330. The summed E-state index contributed by atoms with van der Waals surface area (Å²) in [5.41, 5.74) is 14.5. The van der Waals surface area contributed by atoms with Gasteiger partial charge in [0.2, 0.25) is 5.95 Å². The molecule has 0 fully saturated rings. The van der Waals surface area contributed by atoms with Crippen LogP contribution in [-0.4, -0.2) is 29.5 Å². The second kappa shape index (κ2) is 21.5. The highest BCUT2D eigenvalue weighted by molar-refractivity contribution is 6.33. The van der Waals surface area contributed by atoms with Gasteiger partial charge in [-0.2, -0.15) is 15.2 Å². The van der Waals surface area contributed by atoms with Gasteiger partial charge in [-0.3, -0.25) is 14.5 Å². The maximum atomic E-state index is 9.91. The number of anilines is 3. The van der Waals surface area contributed by atoms with Crippen LogP contribution in [-0.2, 0) is 0 Å². The topological polar surface area (TPSA) is 110 Å². The molecular weight excluding hydrogens is 1160 g/mol. The molecule has 19 rings (SSSR count). The van der Waals surface area contributed by atoms with Crippen LogP contribution in [0.2, 0.25) is 0 Å². The van der Waals surface area contributed by atoms with Gasteiger partial charge in [0.1, 0.15) is 11.2 Å². The van der Waals surface area contributed by atoms with E-state index in [9.17, 15) is 5.26 Å². The van der Waals surface area contributed by atoms with Crippen LogP contribution in [0.4, 0.5) is 17.1 Å². The van der Waals surface area contributed by atoms with E-state index in [-0.39, 0.29) is 0 Å². The monoisotopic (exact) mass is 1210 g/mol. The Kier molecular flexibility index (Phi) is 12.1. The van der Waals surface area contributed by atoms with Crippen LogP contribution in [0.15, 0.2) is 308 Å². The predicted molar refractivity (Wildman–Crippen MR) is 389 cm³/mol. The average molecular weight is 1210 g/mol. The van der Waals surface area contributed by atoms with Crippen molar-refractivity contribution in [3.05, 3.63) is 309 Å². The molecule has 5 aromatic heterocycles. The standard InChI is InChI=1S/C86H50N8O/c87-50-52-27-33-62(34-28-52)93(63-36-37-67-56(45-63)30-29-53-13-1-2-20-65(53)67)64-35-31-54-14-11-25-66(72(54)47-64)57-32-39-80-76(46-57)83-81(95-80)40-38-78-82(83)75-48-73-70-23-5-3-21-68(70)69-22-4-6-24-71(69)74(73)49-79(75)94(78)86-91-84(59-17-9-15-55(43-59)61-19-12-41-88-51-61)90-85(92-86)60-18-10-16-58(44-60)77-26-7-8-42-89-77/h1-49,51H. The summed E-state index contributed by atoms with van der Waals surface area (Å²) >= 11 is 0. The Morgan fingerprint density at radius 1 is 0.347 bits per heavy atom. The molecule has 0 spiro atoms. The van der Waals surface area contributed by atoms with E-state index in [2.05, 4.69) is 251 Å². The number of aromatic nitrogens is 6. The highest BCUT2D eigenvalue weighted by Crippen LogP contribution is 2.47. The summed E-state index contributed by atoms with van der Waals surface area (Å²) in [6.45, 7) is 0. The lowest BCUT2D eigenvalue weighted by atomic mass is 9.92.